The van der Waals surface area contributed by atoms with Gasteiger partial charge in [-0.25, -0.2) is 13.1 Å². The molecule has 0 aromatic heterocycles. The summed E-state index contributed by atoms with van der Waals surface area (Å²) in [7, 11) is -1.91. The lowest BCUT2D eigenvalue weighted by Crippen LogP contribution is -2.29. The molecule has 0 bridgehead atoms. The van der Waals surface area contributed by atoms with Crippen molar-refractivity contribution < 1.29 is 13.2 Å². The Hall–Kier alpha value is -1.37. The third-order valence-corrected chi connectivity index (χ3v) is 4.98. The summed E-state index contributed by atoms with van der Waals surface area (Å²) in [5.41, 5.74) is 2.76. The molecule has 0 spiro atoms. The van der Waals surface area contributed by atoms with E-state index in [4.69, 9.17) is 4.74 Å². The highest BCUT2D eigenvalue weighted by Gasteiger charge is 2.17. The monoisotopic (exact) mass is 310 g/mol. The average Bonchev–Trinajstić information content (AvgIpc) is 2.46. The normalized spacial score (nSPS) is 15.7. The van der Waals surface area contributed by atoms with Crippen LogP contribution in [-0.2, 0) is 10.0 Å². The minimum atomic E-state index is -3.50. The highest BCUT2D eigenvalue weighted by Crippen LogP contribution is 2.26. The van der Waals surface area contributed by atoms with Gasteiger partial charge in [0, 0.05) is 13.1 Å². The molecule has 0 atom stereocenters. The Morgan fingerprint density at radius 3 is 2.48 bits per heavy atom. The zero-order chi connectivity index (χ0) is 15.5. The summed E-state index contributed by atoms with van der Waals surface area (Å²) >= 11 is 0. The van der Waals surface area contributed by atoms with Crippen LogP contribution in [-0.4, -0.2) is 35.2 Å². The van der Waals surface area contributed by atoms with E-state index in [1.807, 2.05) is 19.9 Å². The molecular formula is C15H22N2O3S. The van der Waals surface area contributed by atoms with Gasteiger partial charge >= 0.3 is 0 Å². The molecule has 1 aromatic carbocycles. The summed E-state index contributed by atoms with van der Waals surface area (Å²) in [6.45, 7) is 5.76. The van der Waals surface area contributed by atoms with Gasteiger partial charge in [-0.3, -0.25) is 0 Å². The van der Waals surface area contributed by atoms with Gasteiger partial charge in [-0.15, -0.1) is 0 Å². The SMILES string of the molecule is COc1c(C)cc(S(=O)(=O)NCC2=CCNCC2)cc1C. The van der Waals surface area contributed by atoms with Crippen LogP contribution >= 0.6 is 0 Å². The second-order valence-corrected chi connectivity index (χ2v) is 7.00. The molecule has 1 aromatic rings. The fourth-order valence-electron chi connectivity index (χ4n) is 2.49. The van der Waals surface area contributed by atoms with Crippen LogP contribution in [0.5, 0.6) is 5.75 Å². The lowest BCUT2D eigenvalue weighted by molar-refractivity contribution is 0.408. The molecule has 21 heavy (non-hydrogen) atoms. The lowest BCUT2D eigenvalue weighted by Gasteiger charge is -2.16. The van der Waals surface area contributed by atoms with E-state index >= 15 is 0 Å². The minimum Gasteiger partial charge on any atom is -0.496 e. The van der Waals surface area contributed by atoms with E-state index in [9.17, 15) is 8.42 Å². The molecule has 5 nitrogen and oxygen atoms in total. The summed E-state index contributed by atoms with van der Waals surface area (Å²) in [4.78, 5) is 0.285. The van der Waals surface area contributed by atoms with Gasteiger partial charge in [-0.1, -0.05) is 11.6 Å². The Bertz CT molecular complexity index is 628. The Morgan fingerprint density at radius 1 is 1.29 bits per heavy atom. The van der Waals surface area contributed by atoms with E-state index in [1.165, 1.54) is 0 Å². The van der Waals surface area contributed by atoms with Crippen molar-refractivity contribution in [2.45, 2.75) is 25.2 Å². The van der Waals surface area contributed by atoms with Crippen molar-refractivity contribution in [3.05, 3.63) is 34.9 Å². The van der Waals surface area contributed by atoms with E-state index in [-0.39, 0.29) is 4.90 Å². The van der Waals surface area contributed by atoms with Crippen molar-refractivity contribution in [1.82, 2.24) is 10.0 Å². The molecule has 6 heteroatoms. The van der Waals surface area contributed by atoms with Gasteiger partial charge in [0.2, 0.25) is 10.0 Å². The Balaban J connectivity index is 2.17. The van der Waals surface area contributed by atoms with Crippen molar-refractivity contribution in [3.63, 3.8) is 0 Å². The molecule has 0 aliphatic carbocycles. The number of hydrogen-bond donors (Lipinski definition) is 2. The summed E-state index contributed by atoms with van der Waals surface area (Å²) < 4.78 is 32.7. The van der Waals surface area contributed by atoms with Crippen LogP contribution in [0.15, 0.2) is 28.7 Å². The van der Waals surface area contributed by atoms with Crippen LogP contribution in [0.4, 0.5) is 0 Å². The Labute approximate surface area is 126 Å². The number of rotatable bonds is 5. The number of hydrogen-bond acceptors (Lipinski definition) is 4. The van der Waals surface area contributed by atoms with Crippen LogP contribution in [0.25, 0.3) is 0 Å². The number of methoxy groups -OCH3 is 1. The molecular weight excluding hydrogens is 288 g/mol. The number of aryl methyl sites for hydroxylation is 2. The van der Waals surface area contributed by atoms with Gasteiger partial charge < -0.3 is 10.1 Å². The van der Waals surface area contributed by atoms with Crippen molar-refractivity contribution in [2.75, 3.05) is 26.7 Å². The van der Waals surface area contributed by atoms with E-state index in [0.29, 0.717) is 6.54 Å². The standard InChI is InChI=1S/C15H22N2O3S/c1-11-8-14(9-12(2)15(11)20-3)21(18,19)17-10-13-4-6-16-7-5-13/h4,8-9,16-17H,5-7,10H2,1-3H3. The maximum Gasteiger partial charge on any atom is 0.240 e. The molecule has 116 valence electrons. The van der Waals surface area contributed by atoms with Crippen LogP contribution in [0.2, 0.25) is 0 Å². The number of benzene rings is 1. The van der Waals surface area contributed by atoms with Gasteiger partial charge in [-0.05, 0) is 50.1 Å². The topological polar surface area (TPSA) is 67.4 Å². The van der Waals surface area contributed by atoms with E-state index < -0.39 is 10.0 Å². The summed E-state index contributed by atoms with van der Waals surface area (Å²) in [6.07, 6.45) is 2.92. The summed E-state index contributed by atoms with van der Waals surface area (Å²) in [5, 5.41) is 3.20. The first-order valence-corrected chi connectivity index (χ1v) is 8.46. The maximum atomic E-state index is 12.4. The van der Waals surface area contributed by atoms with E-state index in [1.54, 1.807) is 19.2 Å². The molecule has 0 saturated heterocycles. The number of ether oxygens (including phenoxy) is 1. The predicted molar refractivity (Wildman–Crippen MR) is 83.2 cm³/mol. The second kappa shape index (κ2) is 6.60. The van der Waals surface area contributed by atoms with Crippen LogP contribution < -0.4 is 14.8 Å². The highest BCUT2D eigenvalue weighted by molar-refractivity contribution is 7.89. The molecule has 0 radical (unpaired) electrons. The van der Waals surface area contributed by atoms with E-state index in [2.05, 4.69) is 10.0 Å². The molecule has 1 heterocycles. The van der Waals surface area contributed by atoms with E-state index in [0.717, 1.165) is 42.0 Å². The fraction of sp³-hybridized carbons (Fsp3) is 0.467. The van der Waals surface area contributed by atoms with Gasteiger partial charge in [-0.2, -0.15) is 0 Å². The third kappa shape index (κ3) is 3.84. The van der Waals surface area contributed by atoms with Gasteiger partial charge in [0.05, 0.1) is 12.0 Å². The van der Waals surface area contributed by atoms with Gasteiger partial charge in [0.15, 0.2) is 0 Å². The quantitative estimate of drug-likeness (QED) is 0.809. The first-order valence-electron chi connectivity index (χ1n) is 6.97. The van der Waals surface area contributed by atoms with Crippen molar-refractivity contribution >= 4 is 10.0 Å². The molecule has 2 rings (SSSR count). The lowest BCUT2D eigenvalue weighted by atomic mass is 10.1. The van der Waals surface area contributed by atoms with Crippen LogP contribution in [0, 0.1) is 13.8 Å². The van der Waals surface area contributed by atoms with Gasteiger partial charge in [0.1, 0.15) is 5.75 Å². The van der Waals surface area contributed by atoms with Gasteiger partial charge in [0.25, 0.3) is 0 Å². The first kappa shape index (κ1) is 16.0. The highest BCUT2D eigenvalue weighted by atomic mass is 32.2. The summed E-state index contributed by atoms with van der Waals surface area (Å²) in [6, 6.07) is 3.29. The average molecular weight is 310 g/mol. The molecule has 0 amide bonds. The minimum absolute atomic E-state index is 0.285. The fourth-order valence-corrected chi connectivity index (χ4v) is 3.69. The molecule has 2 N–H and O–H groups in total. The van der Waals surface area contributed by atoms with Crippen molar-refractivity contribution in [2.24, 2.45) is 0 Å². The molecule has 1 aliphatic rings. The zero-order valence-electron chi connectivity index (χ0n) is 12.7. The van der Waals surface area contributed by atoms with Crippen molar-refractivity contribution in [3.8, 4) is 5.75 Å². The zero-order valence-corrected chi connectivity index (χ0v) is 13.5. The molecule has 0 fully saturated rings. The Kier molecular flexibility index (Phi) is 5.03. The number of sulfonamides is 1. The molecule has 0 unspecified atom stereocenters. The first-order chi connectivity index (χ1) is 9.94. The predicted octanol–water partition coefficient (Wildman–Crippen LogP) is 1.51. The van der Waals surface area contributed by atoms with Crippen molar-refractivity contribution in [1.29, 1.82) is 0 Å². The number of nitrogens with one attached hydrogen (secondary N) is 2. The third-order valence-electron chi connectivity index (χ3n) is 3.60. The maximum absolute atomic E-state index is 12.4. The smallest absolute Gasteiger partial charge is 0.240 e. The molecule has 1 aliphatic heterocycles. The van der Waals surface area contributed by atoms with Crippen LogP contribution in [0.3, 0.4) is 0 Å². The summed E-state index contributed by atoms with van der Waals surface area (Å²) in [5.74, 6) is 0.731. The second-order valence-electron chi connectivity index (χ2n) is 5.23. The molecule has 0 saturated carbocycles. The Morgan fingerprint density at radius 2 is 1.95 bits per heavy atom. The van der Waals surface area contributed by atoms with Crippen LogP contribution in [0.1, 0.15) is 17.5 Å². The largest absolute Gasteiger partial charge is 0.496 e.